The molecule has 0 aliphatic rings. The van der Waals surface area contributed by atoms with E-state index in [-0.39, 0.29) is 6.42 Å². The molecule has 0 aliphatic carbocycles. The Balaban J connectivity index is 2.01. The molecule has 5 nitrogen and oxygen atoms in total. The van der Waals surface area contributed by atoms with Gasteiger partial charge in [0.15, 0.2) is 5.82 Å². The lowest BCUT2D eigenvalue weighted by atomic mass is 10.1. The summed E-state index contributed by atoms with van der Waals surface area (Å²) in [7, 11) is 0. The summed E-state index contributed by atoms with van der Waals surface area (Å²) in [6.07, 6.45) is 0.721. The summed E-state index contributed by atoms with van der Waals surface area (Å²) in [5, 5.41) is 20.0. The Morgan fingerprint density at radius 2 is 2.00 bits per heavy atom. The van der Waals surface area contributed by atoms with Crippen molar-refractivity contribution < 1.29 is 9.90 Å². The van der Waals surface area contributed by atoms with Gasteiger partial charge in [-0.15, -0.1) is 10.2 Å². The fraction of sp³-hybridized carbons (Fsp3) is 0.267. The molecule has 0 aliphatic heterocycles. The number of carboxylic acids is 1. The maximum Gasteiger partial charge on any atom is 0.303 e. The third-order valence-corrected chi connectivity index (χ3v) is 2.91. The number of aryl methyl sites for hydroxylation is 1. The molecule has 0 unspecified atom stereocenters. The second-order valence-electron chi connectivity index (χ2n) is 4.55. The fourth-order valence-electron chi connectivity index (χ4n) is 1.86. The molecule has 0 bridgehead atoms. The van der Waals surface area contributed by atoms with Crippen molar-refractivity contribution in [2.24, 2.45) is 0 Å². The van der Waals surface area contributed by atoms with Gasteiger partial charge in [0.1, 0.15) is 0 Å². The number of anilines is 1. The van der Waals surface area contributed by atoms with E-state index in [4.69, 9.17) is 5.11 Å². The van der Waals surface area contributed by atoms with Gasteiger partial charge in [0.05, 0.1) is 5.69 Å². The summed E-state index contributed by atoms with van der Waals surface area (Å²) < 4.78 is 0. The van der Waals surface area contributed by atoms with Crippen molar-refractivity contribution in [3.8, 4) is 11.3 Å². The molecule has 104 valence electrons. The molecular formula is C15H17N3O2. The first-order valence-electron chi connectivity index (χ1n) is 6.52. The lowest BCUT2D eigenvalue weighted by molar-refractivity contribution is -0.137. The van der Waals surface area contributed by atoms with Crippen LogP contribution in [0.1, 0.15) is 18.4 Å². The number of hydrogen-bond donors (Lipinski definition) is 2. The SMILES string of the molecule is Cc1cc(-c2ccccc2)nnc1NCCCC(=O)O. The van der Waals surface area contributed by atoms with E-state index in [1.807, 2.05) is 43.3 Å². The lowest BCUT2D eigenvalue weighted by Gasteiger charge is -2.08. The Bertz CT molecular complexity index is 585. The van der Waals surface area contributed by atoms with E-state index < -0.39 is 5.97 Å². The van der Waals surface area contributed by atoms with Crippen LogP contribution in [0.2, 0.25) is 0 Å². The summed E-state index contributed by atoms with van der Waals surface area (Å²) >= 11 is 0. The summed E-state index contributed by atoms with van der Waals surface area (Å²) in [4.78, 5) is 10.4. The van der Waals surface area contributed by atoms with E-state index in [1.165, 1.54) is 0 Å². The Morgan fingerprint density at radius 1 is 1.25 bits per heavy atom. The summed E-state index contributed by atoms with van der Waals surface area (Å²) in [6.45, 7) is 2.53. The van der Waals surface area contributed by atoms with Crippen molar-refractivity contribution in [1.29, 1.82) is 0 Å². The Kier molecular flexibility index (Phi) is 4.65. The summed E-state index contributed by atoms with van der Waals surface area (Å²) in [5.74, 6) is -0.0795. The standard InChI is InChI=1S/C15H17N3O2/c1-11-10-13(12-6-3-2-4-7-12)17-18-15(11)16-9-5-8-14(19)20/h2-4,6-7,10H,5,8-9H2,1H3,(H,16,18)(H,19,20). The first-order chi connectivity index (χ1) is 9.66. The van der Waals surface area contributed by atoms with Crippen LogP contribution in [0.5, 0.6) is 0 Å². The van der Waals surface area contributed by atoms with Gasteiger partial charge in [-0.25, -0.2) is 0 Å². The maximum absolute atomic E-state index is 10.4. The number of hydrogen-bond acceptors (Lipinski definition) is 4. The third-order valence-electron chi connectivity index (χ3n) is 2.91. The highest BCUT2D eigenvalue weighted by atomic mass is 16.4. The molecule has 1 aromatic heterocycles. The van der Waals surface area contributed by atoms with Crippen LogP contribution in [0.25, 0.3) is 11.3 Å². The Hall–Kier alpha value is -2.43. The van der Waals surface area contributed by atoms with Crippen LogP contribution in [0.15, 0.2) is 36.4 Å². The van der Waals surface area contributed by atoms with Crippen LogP contribution in [0.4, 0.5) is 5.82 Å². The van der Waals surface area contributed by atoms with Crippen molar-refractivity contribution in [3.05, 3.63) is 42.0 Å². The topological polar surface area (TPSA) is 75.1 Å². The number of carbonyl (C=O) groups is 1. The molecule has 0 spiro atoms. The number of carboxylic acid groups (broad SMARTS) is 1. The maximum atomic E-state index is 10.4. The number of nitrogens with zero attached hydrogens (tertiary/aromatic N) is 2. The van der Waals surface area contributed by atoms with Crippen molar-refractivity contribution in [3.63, 3.8) is 0 Å². The quantitative estimate of drug-likeness (QED) is 0.790. The molecule has 20 heavy (non-hydrogen) atoms. The number of rotatable bonds is 6. The van der Waals surface area contributed by atoms with E-state index in [0.717, 1.165) is 16.8 Å². The van der Waals surface area contributed by atoms with Crippen molar-refractivity contribution >= 4 is 11.8 Å². The molecule has 0 atom stereocenters. The van der Waals surface area contributed by atoms with Gasteiger partial charge in [-0.05, 0) is 25.0 Å². The summed E-state index contributed by atoms with van der Waals surface area (Å²) in [5.41, 5.74) is 2.86. The Labute approximate surface area is 117 Å². The number of benzene rings is 1. The minimum Gasteiger partial charge on any atom is -0.481 e. The minimum absolute atomic E-state index is 0.154. The molecule has 2 aromatic rings. The highest BCUT2D eigenvalue weighted by Gasteiger charge is 2.05. The molecule has 5 heteroatoms. The second-order valence-corrected chi connectivity index (χ2v) is 4.55. The van der Waals surface area contributed by atoms with Gasteiger partial charge in [-0.2, -0.15) is 0 Å². The monoisotopic (exact) mass is 271 g/mol. The van der Waals surface area contributed by atoms with E-state index in [0.29, 0.717) is 18.8 Å². The largest absolute Gasteiger partial charge is 0.481 e. The smallest absolute Gasteiger partial charge is 0.303 e. The molecule has 2 rings (SSSR count). The first kappa shape index (κ1) is 14.0. The van der Waals surface area contributed by atoms with Crippen molar-refractivity contribution in [1.82, 2.24) is 10.2 Å². The molecule has 0 saturated heterocycles. The minimum atomic E-state index is -0.783. The molecule has 0 amide bonds. The van der Waals surface area contributed by atoms with Crippen LogP contribution in [-0.4, -0.2) is 27.8 Å². The van der Waals surface area contributed by atoms with Crippen molar-refractivity contribution in [2.45, 2.75) is 19.8 Å². The van der Waals surface area contributed by atoms with Gasteiger partial charge in [-0.1, -0.05) is 30.3 Å². The van der Waals surface area contributed by atoms with Crippen LogP contribution in [0.3, 0.4) is 0 Å². The molecule has 0 fully saturated rings. The van der Waals surface area contributed by atoms with Crippen LogP contribution < -0.4 is 5.32 Å². The normalized spacial score (nSPS) is 10.2. The first-order valence-corrected chi connectivity index (χ1v) is 6.52. The molecule has 1 aromatic carbocycles. The number of aliphatic carboxylic acids is 1. The van der Waals surface area contributed by atoms with Gasteiger partial charge in [0.2, 0.25) is 0 Å². The fourth-order valence-corrected chi connectivity index (χ4v) is 1.86. The zero-order chi connectivity index (χ0) is 14.4. The molecule has 1 heterocycles. The second kappa shape index (κ2) is 6.65. The van der Waals surface area contributed by atoms with Gasteiger partial charge in [-0.3, -0.25) is 4.79 Å². The summed E-state index contributed by atoms with van der Waals surface area (Å²) in [6, 6.07) is 11.8. The van der Waals surface area contributed by atoms with Crippen LogP contribution >= 0.6 is 0 Å². The number of nitrogens with one attached hydrogen (secondary N) is 1. The van der Waals surface area contributed by atoms with Gasteiger partial charge >= 0.3 is 5.97 Å². The van der Waals surface area contributed by atoms with E-state index in [2.05, 4.69) is 15.5 Å². The number of aromatic nitrogens is 2. The van der Waals surface area contributed by atoms with E-state index in [1.54, 1.807) is 0 Å². The van der Waals surface area contributed by atoms with Crippen LogP contribution in [0, 0.1) is 6.92 Å². The van der Waals surface area contributed by atoms with E-state index >= 15 is 0 Å². The lowest BCUT2D eigenvalue weighted by Crippen LogP contribution is -2.08. The highest BCUT2D eigenvalue weighted by Crippen LogP contribution is 2.19. The predicted octanol–water partition coefficient (Wildman–Crippen LogP) is 2.73. The highest BCUT2D eigenvalue weighted by molar-refractivity contribution is 5.66. The zero-order valence-corrected chi connectivity index (χ0v) is 11.3. The molecule has 2 N–H and O–H groups in total. The molecule has 0 radical (unpaired) electrons. The van der Waals surface area contributed by atoms with Gasteiger partial charge < -0.3 is 10.4 Å². The van der Waals surface area contributed by atoms with E-state index in [9.17, 15) is 4.79 Å². The Morgan fingerprint density at radius 3 is 2.65 bits per heavy atom. The van der Waals surface area contributed by atoms with Gasteiger partial charge in [0.25, 0.3) is 0 Å². The van der Waals surface area contributed by atoms with Crippen molar-refractivity contribution in [2.75, 3.05) is 11.9 Å². The molecular weight excluding hydrogens is 254 g/mol. The van der Waals surface area contributed by atoms with Crippen LogP contribution in [-0.2, 0) is 4.79 Å². The predicted molar refractivity (Wildman–Crippen MR) is 77.6 cm³/mol. The zero-order valence-electron chi connectivity index (χ0n) is 11.3. The van der Waals surface area contributed by atoms with Gasteiger partial charge in [0, 0.05) is 18.5 Å². The average Bonchev–Trinajstić information content (AvgIpc) is 2.45. The third kappa shape index (κ3) is 3.78. The average molecular weight is 271 g/mol. The molecule has 0 saturated carbocycles.